The summed E-state index contributed by atoms with van der Waals surface area (Å²) in [6, 6.07) is -2.00. The first kappa shape index (κ1) is 19.2. The second-order valence-electron chi connectivity index (χ2n) is 7.10. The lowest BCUT2D eigenvalue weighted by Gasteiger charge is -2.30. The third kappa shape index (κ3) is 5.38. The minimum Gasteiger partial charge on any atom is -0.480 e. The van der Waals surface area contributed by atoms with E-state index in [9.17, 15) is 24.6 Å². The number of β-amino-alcohol motifs (C(OH)–C–C–N with tert-alkyl or cyclic N) is 1. The van der Waals surface area contributed by atoms with Crippen LogP contribution in [0.1, 0.15) is 41.0 Å². The summed E-state index contributed by atoms with van der Waals surface area (Å²) in [5.41, 5.74) is -0.706. The van der Waals surface area contributed by atoms with Crippen molar-refractivity contribution in [3.8, 4) is 0 Å². The zero-order chi connectivity index (χ0) is 17.9. The molecule has 1 aliphatic rings. The molecule has 0 aromatic rings. The van der Waals surface area contributed by atoms with Crippen LogP contribution >= 0.6 is 0 Å². The number of carbonyl (C=O) groups is 3. The first-order chi connectivity index (χ1) is 10.4. The van der Waals surface area contributed by atoms with Crippen molar-refractivity contribution >= 4 is 18.0 Å². The number of hydrogen-bond donors (Lipinski definition) is 3. The Morgan fingerprint density at radius 3 is 2.26 bits per heavy atom. The molecule has 0 bridgehead atoms. The van der Waals surface area contributed by atoms with Crippen molar-refractivity contribution in [2.45, 2.75) is 64.8 Å². The minimum absolute atomic E-state index is 0.0155. The Morgan fingerprint density at radius 2 is 1.83 bits per heavy atom. The number of aliphatic hydroxyl groups excluding tert-OH is 1. The molecule has 1 heterocycles. The Bertz CT molecular complexity index is 471. The quantitative estimate of drug-likeness (QED) is 0.694. The van der Waals surface area contributed by atoms with Gasteiger partial charge in [0.25, 0.3) is 0 Å². The summed E-state index contributed by atoms with van der Waals surface area (Å²) in [4.78, 5) is 36.9. The van der Waals surface area contributed by atoms with Gasteiger partial charge in [-0.1, -0.05) is 13.8 Å². The number of ether oxygens (including phenoxy) is 1. The van der Waals surface area contributed by atoms with Crippen LogP contribution in [-0.2, 0) is 14.3 Å². The number of nitrogens with zero attached hydrogens (tertiary/aromatic N) is 1. The molecule has 0 saturated carbocycles. The molecule has 1 fully saturated rings. The Morgan fingerprint density at radius 1 is 1.26 bits per heavy atom. The SMILES string of the molecule is CC(C)C(NC(=O)OC(C)(C)C)C(=O)N1C[C@H](O)C[C@H]1C(=O)O. The van der Waals surface area contributed by atoms with E-state index in [1.165, 1.54) is 0 Å². The summed E-state index contributed by atoms with van der Waals surface area (Å²) in [5, 5.41) is 21.3. The molecular formula is C15H26N2O6. The van der Waals surface area contributed by atoms with Crippen molar-refractivity contribution in [3.63, 3.8) is 0 Å². The molecule has 3 N–H and O–H groups in total. The first-order valence-electron chi connectivity index (χ1n) is 7.63. The average molecular weight is 330 g/mol. The lowest BCUT2D eigenvalue weighted by molar-refractivity contribution is -0.149. The van der Waals surface area contributed by atoms with E-state index < -0.39 is 41.8 Å². The average Bonchev–Trinajstić information content (AvgIpc) is 2.75. The van der Waals surface area contributed by atoms with Crippen LogP contribution in [0.2, 0.25) is 0 Å². The summed E-state index contributed by atoms with van der Waals surface area (Å²) < 4.78 is 5.14. The zero-order valence-corrected chi connectivity index (χ0v) is 14.2. The van der Waals surface area contributed by atoms with Gasteiger partial charge in [0.1, 0.15) is 17.7 Å². The number of likely N-dealkylation sites (tertiary alicyclic amines) is 1. The highest BCUT2D eigenvalue weighted by molar-refractivity contribution is 5.90. The van der Waals surface area contributed by atoms with Gasteiger partial charge in [-0.15, -0.1) is 0 Å². The summed E-state index contributed by atoms with van der Waals surface area (Å²) in [7, 11) is 0. The van der Waals surface area contributed by atoms with Crippen LogP contribution in [0.5, 0.6) is 0 Å². The fourth-order valence-electron chi connectivity index (χ4n) is 2.42. The highest BCUT2D eigenvalue weighted by Gasteiger charge is 2.42. The van der Waals surface area contributed by atoms with Crippen molar-refractivity contribution in [2.75, 3.05) is 6.54 Å². The molecule has 2 amide bonds. The second-order valence-corrected chi connectivity index (χ2v) is 7.10. The molecule has 3 atom stereocenters. The Hall–Kier alpha value is -1.83. The minimum atomic E-state index is -1.17. The number of rotatable bonds is 4. The van der Waals surface area contributed by atoms with Crippen molar-refractivity contribution in [1.29, 1.82) is 0 Å². The van der Waals surface area contributed by atoms with Crippen molar-refractivity contribution in [1.82, 2.24) is 10.2 Å². The molecule has 1 aliphatic heterocycles. The highest BCUT2D eigenvalue weighted by atomic mass is 16.6. The molecule has 0 aromatic carbocycles. The zero-order valence-electron chi connectivity index (χ0n) is 14.2. The number of hydrogen-bond acceptors (Lipinski definition) is 5. The maximum atomic E-state index is 12.6. The van der Waals surface area contributed by atoms with Crippen molar-refractivity contribution in [3.05, 3.63) is 0 Å². The van der Waals surface area contributed by atoms with Crippen LogP contribution in [0, 0.1) is 5.92 Å². The normalized spacial score (nSPS) is 22.8. The number of carboxylic acid groups (broad SMARTS) is 1. The molecule has 1 rings (SSSR count). The van der Waals surface area contributed by atoms with Gasteiger partial charge in [-0.3, -0.25) is 4.79 Å². The topological polar surface area (TPSA) is 116 Å². The maximum absolute atomic E-state index is 12.6. The molecule has 0 aliphatic carbocycles. The molecular weight excluding hydrogens is 304 g/mol. The number of aliphatic carboxylic acids is 1. The lowest BCUT2D eigenvalue weighted by atomic mass is 10.0. The predicted molar refractivity (Wildman–Crippen MR) is 81.8 cm³/mol. The van der Waals surface area contributed by atoms with Crippen LogP contribution < -0.4 is 5.32 Å². The van der Waals surface area contributed by atoms with Gasteiger partial charge in [-0.05, 0) is 26.7 Å². The van der Waals surface area contributed by atoms with Crippen LogP contribution in [0.25, 0.3) is 0 Å². The molecule has 1 unspecified atom stereocenters. The van der Waals surface area contributed by atoms with Crippen molar-refractivity contribution < 1.29 is 29.3 Å². The maximum Gasteiger partial charge on any atom is 0.408 e. The van der Waals surface area contributed by atoms with Gasteiger partial charge in [0, 0.05) is 13.0 Å². The number of nitrogens with one attached hydrogen (secondary N) is 1. The third-order valence-electron chi connectivity index (χ3n) is 3.45. The van der Waals surface area contributed by atoms with Gasteiger partial charge in [0.05, 0.1) is 6.10 Å². The molecule has 8 nitrogen and oxygen atoms in total. The van der Waals surface area contributed by atoms with Crippen molar-refractivity contribution in [2.24, 2.45) is 5.92 Å². The lowest BCUT2D eigenvalue weighted by Crippen LogP contribution is -2.54. The summed E-state index contributed by atoms with van der Waals surface area (Å²) in [6.45, 7) is 8.53. The van der Waals surface area contributed by atoms with Crippen LogP contribution in [0.4, 0.5) is 4.79 Å². The van der Waals surface area contributed by atoms with Gasteiger partial charge in [0.15, 0.2) is 0 Å². The molecule has 23 heavy (non-hydrogen) atoms. The monoisotopic (exact) mass is 330 g/mol. The molecule has 0 spiro atoms. The fraction of sp³-hybridized carbons (Fsp3) is 0.800. The van der Waals surface area contributed by atoms with Crippen LogP contribution in [0.3, 0.4) is 0 Å². The first-order valence-corrected chi connectivity index (χ1v) is 7.63. The summed E-state index contributed by atoms with van der Waals surface area (Å²) >= 11 is 0. The van der Waals surface area contributed by atoms with E-state index in [1.807, 2.05) is 0 Å². The number of aliphatic hydroxyl groups is 1. The fourth-order valence-corrected chi connectivity index (χ4v) is 2.42. The Kier molecular flexibility index (Phi) is 5.98. The number of amides is 2. The second kappa shape index (κ2) is 7.16. The predicted octanol–water partition coefficient (Wildman–Crippen LogP) is 0.582. The summed E-state index contributed by atoms with van der Waals surface area (Å²) in [6.07, 6.45) is -1.64. The summed E-state index contributed by atoms with van der Waals surface area (Å²) in [5.74, 6) is -1.97. The number of alkyl carbamates (subject to hydrolysis) is 1. The van der Waals surface area contributed by atoms with Gasteiger partial charge >= 0.3 is 12.1 Å². The van der Waals surface area contributed by atoms with Gasteiger partial charge < -0.3 is 25.2 Å². The Labute approximate surface area is 135 Å². The van der Waals surface area contributed by atoms with E-state index in [0.29, 0.717) is 0 Å². The van der Waals surface area contributed by atoms with E-state index in [4.69, 9.17) is 4.74 Å². The van der Waals surface area contributed by atoms with E-state index >= 15 is 0 Å². The molecule has 0 aromatic heterocycles. The van der Waals surface area contributed by atoms with Crippen LogP contribution in [-0.4, -0.2) is 63.4 Å². The van der Waals surface area contributed by atoms with E-state index in [1.54, 1.807) is 34.6 Å². The van der Waals surface area contributed by atoms with E-state index in [2.05, 4.69) is 5.32 Å². The smallest absolute Gasteiger partial charge is 0.408 e. The molecule has 0 radical (unpaired) electrons. The van der Waals surface area contributed by atoms with Crippen LogP contribution in [0.15, 0.2) is 0 Å². The number of carbonyl (C=O) groups excluding carboxylic acids is 2. The molecule has 132 valence electrons. The standard InChI is InChI=1S/C15H26N2O6/c1-8(2)11(16-14(22)23-15(3,4)5)12(19)17-7-9(18)6-10(17)13(20)21/h8-11,18H,6-7H2,1-5H3,(H,16,22)(H,20,21)/t9-,10+,11?/m1/s1. The largest absolute Gasteiger partial charge is 0.480 e. The molecule has 1 saturated heterocycles. The highest BCUT2D eigenvalue weighted by Crippen LogP contribution is 2.21. The van der Waals surface area contributed by atoms with Gasteiger partial charge in [-0.2, -0.15) is 0 Å². The van der Waals surface area contributed by atoms with E-state index in [0.717, 1.165) is 4.90 Å². The third-order valence-corrected chi connectivity index (χ3v) is 3.45. The molecule has 8 heteroatoms. The van der Waals surface area contributed by atoms with Gasteiger partial charge in [-0.25, -0.2) is 9.59 Å². The van der Waals surface area contributed by atoms with E-state index in [-0.39, 0.29) is 18.9 Å². The Balaban J connectivity index is 2.86. The van der Waals surface area contributed by atoms with Gasteiger partial charge in [0.2, 0.25) is 5.91 Å². The number of carboxylic acids is 1.